The highest BCUT2D eigenvalue weighted by molar-refractivity contribution is 6.12. The molecule has 0 radical (unpaired) electrons. The van der Waals surface area contributed by atoms with Gasteiger partial charge in [0.15, 0.2) is 0 Å². The van der Waals surface area contributed by atoms with Crippen LogP contribution < -0.4 is 10.9 Å². The highest BCUT2D eigenvalue weighted by Gasteiger charge is 2.16. The lowest BCUT2D eigenvalue weighted by Crippen LogP contribution is -2.20. The number of aromatic nitrogens is 1. The summed E-state index contributed by atoms with van der Waals surface area (Å²) in [5, 5.41) is 6.34. The molecular weight excluding hydrogens is 352 g/mol. The molecule has 2 heterocycles. The Kier molecular flexibility index (Phi) is 3.66. The van der Waals surface area contributed by atoms with Gasteiger partial charge in [0.25, 0.3) is 5.91 Å². The normalized spacial score (nSPS) is 11.1. The molecule has 0 bridgehead atoms. The van der Waals surface area contributed by atoms with Crippen molar-refractivity contribution in [3.63, 3.8) is 0 Å². The number of hydrogen-bond acceptors (Lipinski definition) is 4. The molecule has 5 aromatic rings. The van der Waals surface area contributed by atoms with Gasteiger partial charge in [-0.05, 0) is 35.0 Å². The average Bonchev–Trinajstić information content (AvgIpc) is 2.73. The summed E-state index contributed by atoms with van der Waals surface area (Å²) in [6.45, 7) is 0. The molecule has 2 aromatic heterocycles. The summed E-state index contributed by atoms with van der Waals surface area (Å²) in [6.07, 6.45) is 1.66. The van der Waals surface area contributed by atoms with Crippen molar-refractivity contribution in [2.75, 3.05) is 5.32 Å². The quantitative estimate of drug-likeness (QED) is 0.362. The lowest BCUT2D eigenvalue weighted by molar-refractivity contribution is 0.102. The molecule has 5 rings (SSSR count). The number of fused-ring (bicyclic) bond motifs is 4. The van der Waals surface area contributed by atoms with Crippen LogP contribution in [0.15, 0.2) is 88.2 Å². The van der Waals surface area contributed by atoms with Gasteiger partial charge in [0.1, 0.15) is 11.1 Å². The smallest absolute Gasteiger partial charge is 0.349 e. The molecule has 5 heteroatoms. The molecular formula is C23H14N2O3. The van der Waals surface area contributed by atoms with Crippen LogP contribution in [0.4, 0.5) is 5.69 Å². The van der Waals surface area contributed by atoms with Crippen LogP contribution in [0.25, 0.3) is 32.6 Å². The maximum absolute atomic E-state index is 12.9. The molecule has 0 unspecified atom stereocenters. The van der Waals surface area contributed by atoms with Crippen LogP contribution >= 0.6 is 0 Å². The maximum Gasteiger partial charge on any atom is 0.349 e. The molecule has 0 atom stereocenters. The molecule has 0 spiro atoms. The zero-order chi connectivity index (χ0) is 19.1. The van der Waals surface area contributed by atoms with Gasteiger partial charge in [-0.3, -0.25) is 9.78 Å². The third kappa shape index (κ3) is 2.61. The van der Waals surface area contributed by atoms with Crippen LogP contribution in [-0.4, -0.2) is 10.9 Å². The van der Waals surface area contributed by atoms with E-state index in [1.807, 2.05) is 54.6 Å². The fraction of sp³-hybridized carbons (Fsp3) is 0. The number of amides is 1. The summed E-state index contributed by atoms with van der Waals surface area (Å²) in [5.41, 5.74) is 0.937. The first-order valence-electron chi connectivity index (χ1n) is 8.81. The SMILES string of the molecule is O=C(Nc1cccc2cccnc12)c1cc2c(ccc3ccccc32)oc1=O. The molecule has 0 aliphatic carbocycles. The number of benzene rings is 3. The lowest BCUT2D eigenvalue weighted by atomic mass is 10.0. The molecule has 0 aliphatic rings. The predicted molar refractivity (Wildman–Crippen MR) is 110 cm³/mol. The highest BCUT2D eigenvalue weighted by Crippen LogP contribution is 2.26. The molecule has 1 amide bonds. The van der Waals surface area contributed by atoms with Crippen molar-refractivity contribution < 1.29 is 9.21 Å². The van der Waals surface area contributed by atoms with Crippen molar-refractivity contribution in [3.8, 4) is 0 Å². The number of anilines is 1. The minimum Gasteiger partial charge on any atom is -0.422 e. The molecule has 3 aromatic carbocycles. The summed E-state index contributed by atoms with van der Waals surface area (Å²) in [6, 6.07) is 22.2. The number of hydrogen-bond donors (Lipinski definition) is 1. The fourth-order valence-electron chi connectivity index (χ4n) is 3.42. The summed E-state index contributed by atoms with van der Waals surface area (Å²) in [7, 11) is 0. The Balaban J connectivity index is 1.63. The van der Waals surface area contributed by atoms with E-state index in [0.717, 1.165) is 21.5 Å². The Bertz CT molecular complexity index is 1430. The predicted octanol–water partition coefficient (Wildman–Crippen LogP) is 4.75. The number of rotatable bonds is 2. The summed E-state index contributed by atoms with van der Waals surface area (Å²) in [4.78, 5) is 29.6. The van der Waals surface area contributed by atoms with Gasteiger partial charge >= 0.3 is 5.63 Å². The number of nitrogens with one attached hydrogen (secondary N) is 1. The summed E-state index contributed by atoms with van der Waals surface area (Å²) >= 11 is 0. The third-order valence-corrected chi connectivity index (χ3v) is 4.77. The molecule has 0 saturated heterocycles. The second kappa shape index (κ2) is 6.32. The van der Waals surface area contributed by atoms with Crippen molar-refractivity contribution in [3.05, 3.63) is 95.0 Å². The van der Waals surface area contributed by atoms with Crippen LogP contribution in [0.3, 0.4) is 0 Å². The number of carbonyl (C=O) groups excluding carboxylic acids is 1. The van der Waals surface area contributed by atoms with Gasteiger partial charge in [-0.15, -0.1) is 0 Å². The minimum atomic E-state index is -0.673. The Hall–Kier alpha value is -3.99. The van der Waals surface area contributed by atoms with E-state index in [1.165, 1.54) is 0 Å². The van der Waals surface area contributed by atoms with E-state index in [2.05, 4.69) is 10.3 Å². The van der Waals surface area contributed by atoms with E-state index >= 15 is 0 Å². The topological polar surface area (TPSA) is 72.2 Å². The number of para-hydroxylation sites is 1. The number of nitrogens with zero attached hydrogens (tertiary/aromatic N) is 1. The Morgan fingerprint density at radius 1 is 0.857 bits per heavy atom. The first-order valence-corrected chi connectivity index (χ1v) is 8.81. The molecule has 0 saturated carbocycles. The van der Waals surface area contributed by atoms with Crippen molar-refractivity contribution in [2.45, 2.75) is 0 Å². The lowest BCUT2D eigenvalue weighted by Gasteiger charge is -2.08. The van der Waals surface area contributed by atoms with Gasteiger partial charge in [0.05, 0.1) is 11.2 Å². The van der Waals surface area contributed by atoms with Gasteiger partial charge < -0.3 is 9.73 Å². The molecule has 134 valence electrons. The van der Waals surface area contributed by atoms with Crippen molar-refractivity contribution in [1.29, 1.82) is 0 Å². The van der Waals surface area contributed by atoms with Crippen LogP contribution in [0.2, 0.25) is 0 Å². The van der Waals surface area contributed by atoms with Crippen molar-refractivity contribution in [1.82, 2.24) is 4.98 Å². The second-order valence-corrected chi connectivity index (χ2v) is 6.48. The van der Waals surface area contributed by atoms with E-state index in [0.29, 0.717) is 16.8 Å². The standard InChI is InChI=1S/C23H14N2O3/c26-22(25-19-9-3-6-15-7-4-12-24-21(15)19)18-13-17-16-8-2-1-5-14(16)10-11-20(17)28-23(18)27/h1-13H,(H,25,26). The van der Waals surface area contributed by atoms with Crippen LogP contribution in [0.5, 0.6) is 0 Å². The van der Waals surface area contributed by atoms with E-state index in [4.69, 9.17) is 4.42 Å². The van der Waals surface area contributed by atoms with Gasteiger partial charge in [-0.25, -0.2) is 4.79 Å². The molecule has 0 aliphatic heterocycles. The van der Waals surface area contributed by atoms with Crippen LogP contribution in [-0.2, 0) is 0 Å². The first kappa shape index (κ1) is 16.2. The molecule has 1 N–H and O–H groups in total. The minimum absolute atomic E-state index is 0.0446. The van der Waals surface area contributed by atoms with Crippen molar-refractivity contribution in [2.24, 2.45) is 0 Å². The summed E-state index contributed by atoms with van der Waals surface area (Å²) in [5.74, 6) is -0.526. The highest BCUT2D eigenvalue weighted by atomic mass is 16.4. The van der Waals surface area contributed by atoms with E-state index in [1.54, 1.807) is 24.4 Å². The van der Waals surface area contributed by atoms with Gasteiger partial charge in [-0.1, -0.05) is 48.5 Å². The molecule has 0 fully saturated rings. The Morgan fingerprint density at radius 3 is 2.61 bits per heavy atom. The van der Waals surface area contributed by atoms with E-state index in [-0.39, 0.29) is 5.56 Å². The number of carbonyl (C=O) groups is 1. The van der Waals surface area contributed by atoms with E-state index in [9.17, 15) is 9.59 Å². The van der Waals surface area contributed by atoms with Gasteiger partial charge in [-0.2, -0.15) is 0 Å². The van der Waals surface area contributed by atoms with E-state index < -0.39 is 11.5 Å². The monoisotopic (exact) mass is 366 g/mol. The zero-order valence-corrected chi connectivity index (χ0v) is 14.7. The Morgan fingerprint density at radius 2 is 1.68 bits per heavy atom. The zero-order valence-electron chi connectivity index (χ0n) is 14.7. The number of pyridine rings is 1. The molecule has 5 nitrogen and oxygen atoms in total. The fourth-order valence-corrected chi connectivity index (χ4v) is 3.42. The Labute approximate surface area is 159 Å². The average molecular weight is 366 g/mol. The third-order valence-electron chi connectivity index (χ3n) is 4.77. The van der Waals surface area contributed by atoms with Crippen LogP contribution in [0.1, 0.15) is 10.4 Å². The maximum atomic E-state index is 12.9. The van der Waals surface area contributed by atoms with Crippen LogP contribution in [0, 0.1) is 0 Å². The molecule has 28 heavy (non-hydrogen) atoms. The first-order chi connectivity index (χ1) is 13.7. The van der Waals surface area contributed by atoms with Gasteiger partial charge in [0.2, 0.25) is 0 Å². The largest absolute Gasteiger partial charge is 0.422 e. The van der Waals surface area contributed by atoms with Gasteiger partial charge in [0, 0.05) is 17.0 Å². The second-order valence-electron chi connectivity index (χ2n) is 6.48. The van der Waals surface area contributed by atoms with Crippen molar-refractivity contribution >= 4 is 44.2 Å². The summed E-state index contributed by atoms with van der Waals surface area (Å²) < 4.78 is 5.42.